The minimum absolute atomic E-state index is 0.141. The lowest BCUT2D eigenvalue weighted by Crippen LogP contribution is -2.28. The average Bonchev–Trinajstić information content (AvgIpc) is 2.61. The summed E-state index contributed by atoms with van der Waals surface area (Å²) in [6.45, 7) is 7.57. The molecule has 1 aromatic carbocycles. The molecule has 0 radical (unpaired) electrons. The summed E-state index contributed by atoms with van der Waals surface area (Å²) in [5.41, 5.74) is 2.06. The van der Waals surface area contributed by atoms with Gasteiger partial charge in [-0.3, -0.25) is 4.79 Å². The van der Waals surface area contributed by atoms with E-state index in [9.17, 15) is 9.59 Å². The van der Waals surface area contributed by atoms with Crippen molar-refractivity contribution in [3.8, 4) is 0 Å². The summed E-state index contributed by atoms with van der Waals surface area (Å²) < 4.78 is 4.91. The van der Waals surface area contributed by atoms with Crippen molar-refractivity contribution in [2.24, 2.45) is 5.41 Å². The summed E-state index contributed by atoms with van der Waals surface area (Å²) in [5.74, 6) is -0.138. The Labute approximate surface area is 160 Å². The zero-order chi connectivity index (χ0) is 19.9. The molecule has 0 spiro atoms. The highest BCUT2D eigenvalue weighted by atomic mass is 16.5. The summed E-state index contributed by atoms with van der Waals surface area (Å²) >= 11 is 0. The molecule has 0 fully saturated rings. The summed E-state index contributed by atoms with van der Waals surface area (Å²) in [6.07, 6.45) is 3.60. The molecule has 27 heavy (non-hydrogen) atoms. The predicted molar refractivity (Wildman–Crippen MR) is 107 cm³/mol. The molecule has 0 saturated heterocycles. The van der Waals surface area contributed by atoms with Gasteiger partial charge in [0.2, 0.25) is 5.91 Å². The number of nitrogens with one attached hydrogen (secondary N) is 1. The predicted octanol–water partition coefficient (Wildman–Crippen LogP) is 4.23. The van der Waals surface area contributed by atoms with Crippen LogP contribution in [0.4, 0.5) is 5.82 Å². The van der Waals surface area contributed by atoms with Crippen LogP contribution in [0.15, 0.2) is 48.5 Å². The molecule has 0 aliphatic rings. The zero-order valence-corrected chi connectivity index (χ0v) is 16.3. The van der Waals surface area contributed by atoms with Gasteiger partial charge in [0.15, 0.2) is 0 Å². The van der Waals surface area contributed by atoms with Gasteiger partial charge in [-0.05, 0) is 30.7 Å². The van der Waals surface area contributed by atoms with Crippen molar-refractivity contribution in [2.75, 3.05) is 11.9 Å². The van der Waals surface area contributed by atoms with Gasteiger partial charge >= 0.3 is 5.97 Å². The van der Waals surface area contributed by atoms with Crippen LogP contribution in [0.5, 0.6) is 0 Å². The Kier molecular flexibility index (Phi) is 6.88. The van der Waals surface area contributed by atoms with Gasteiger partial charge in [-0.25, -0.2) is 9.78 Å². The number of aromatic nitrogens is 1. The third kappa shape index (κ3) is 6.37. The second-order valence-corrected chi connectivity index (χ2v) is 7.19. The third-order valence-electron chi connectivity index (χ3n) is 3.81. The number of anilines is 1. The molecular formula is C22H26N2O3. The largest absolute Gasteiger partial charge is 0.463 e. The third-order valence-corrected chi connectivity index (χ3v) is 3.81. The van der Waals surface area contributed by atoms with E-state index in [-0.39, 0.29) is 5.91 Å². The summed E-state index contributed by atoms with van der Waals surface area (Å²) in [7, 11) is 0. The van der Waals surface area contributed by atoms with Gasteiger partial charge in [0, 0.05) is 29.2 Å². The number of carbonyl (C=O) groups excluding carboxylic acids is 2. The molecule has 142 valence electrons. The number of pyridine rings is 1. The number of nitrogens with zero attached hydrogens (tertiary/aromatic N) is 1. The molecule has 5 nitrogen and oxygen atoms in total. The minimum Gasteiger partial charge on any atom is -0.463 e. The van der Waals surface area contributed by atoms with Crippen molar-refractivity contribution in [2.45, 2.75) is 34.1 Å². The molecule has 0 atom stereocenters. The fraction of sp³-hybridized carbons (Fsp3) is 0.318. The first-order valence-electron chi connectivity index (χ1n) is 8.99. The van der Waals surface area contributed by atoms with E-state index < -0.39 is 11.4 Å². The average molecular weight is 366 g/mol. The van der Waals surface area contributed by atoms with Crippen molar-refractivity contribution in [3.63, 3.8) is 0 Å². The van der Waals surface area contributed by atoms with Crippen LogP contribution < -0.4 is 5.32 Å². The molecule has 0 unspecified atom stereocenters. The van der Waals surface area contributed by atoms with E-state index >= 15 is 0 Å². The molecule has 0 aliphatic heterocycles. The Balaban J connectivity index is 2.31. The molecule has 0 bridgehead atoms. The second-order valence-electron chi connectivity index (χ2n) is 7.19. The van der Waals surface area contributed by atoms with Crippen LogP contribution >= 0.6 is 0 Å². The highest BCUT2D eigenvalue weighted by Gasteiger charge is 2.22. The van der Waals surface area contributed by atoms with Crippen LogP contribution in [0.1, 0.15) is 44.5 Å². The first-order chi connectivity index (χ1) is 12.8. The van der Waals surface area contributed by atoms with E-state index in [1.165, 1.54) is 6.08 Å². The Hall–Kier alpha value is -2.95. The molecule has 2 rings (SSSR count). The topological polar surface area (TPSA) is 68.3 Å². The van der Waals surface area contributed by atoms with E-state index in [1.807, 2.05) is 63.2 Å². The van der Waals surface area contributed by atoms with Gasteiger partial charge in [0.1, 0.15) is 5.82 Å². The molecule has 2 aromatic rings. The summed E-state index contributed by atoms with van der Waals surface area (Å²) in [6, 6.07) is 13.7. The molecular weight excluding hydrogens is 340 g/mol. The SMILES string of the molecule is CCOC(=O)C=Cc1ccc(Cc2ccccc2)nc1NC(=O)C(C)(C)C. The Bertz CT molecular complexity index is 821. The van der Waals surface area contributed by atoms with Gasteiger partial charge in [0.05, 0.1) is 6.61 Å². The maximum Gasteiger partial charge on any atom is 0.330 e. The first kappa shape index (κ1) is 20.4. The number of amides is 1. The normalized spacial score (nSPS) is 11.4. The number of ether oxygens (including phenoxy) is 1. The van der Waals surface area contributed by atoms with E-state index in [1.54, 1.807) is 13.0 Å². The van der Waals surface area contributed by atoms with Crippen LogP contribution in [-0.2, 0) is 20.7 Å². The maximum atomic E-state index is 12.4. The van der Waals surface area contributed by atoms with E-state index in [4.69, 9.17) is 4.74 Å². The Morgan fingerprint density at radius 1 is 1.11 bits per heavy atom. The van der Waals surface area contributed by atoms with Crippen LogP contribution in [0.25, 0.3) is 6.08 Å². The highest BCUT2D eigenvalue weighted by Crippen LogP contribution is 2.21. The van der Waals surface area contributed by atoms with E-state index in [2.05, 4.69) is 10.3 Å². The van der Waals surface area contributed by atoms with Crippen LogP contribution in [0, 0.1) is 5.41 Å². The molecule has 0 aliphatic carbocycles. The number of hydrogen-bond acceptors (Lipinski definition) is 4. The summed E-state index contributed by atoms with van der Waals surface area (Å²) in [5, 5.41) is 2.88. The summed E-state index contributed by atoms with van der Waals surface area (Å²) in [4.78, 5) is 28.6. The lowest BCUT2D eigenvalue weighted by Gasteiger charge is -2.18. The second kappa shape index (κ2) is 9.12. The van der Waals surface area contributed by atoms with Crippen molar-refractivity contribution >= 4 is 23.8 Å². The zero-order valence-electron chi connectivity index (χ0n) is 16.3. The monoisotopic (exact) mass is 366 g/mol. The molecule has 1 heterocycles. The number of hydrogen-bond donors (Lipinski definition) is 1. The van der Waals surface area contributed by atoms with E-state index in [0.29, 0.717) is 24.4 Å². The van der Waals surface area contributed by atoms with Crippen molar-refractivity contribution < 1.29 is 14.3 Å². The first-order valence-corrected chi connectivity index (χ1v) is 8.99. The molecule has 0 saturated carbocycles. The van der Waals surface area contributed by atoms with Crippen molar-refractivity contribution in [1.29, 1.82) is 0 Å². The lowest BCUT2D eigenvalue weighted by atomic mass is 9.95. The Morgan fingerprint density at radius 3 is 2.44 bits per heavy atom. The number of benzene rings is 1. The van der Waals surface area contributed by atoms with Gasteiger partial charge in [0.25, 0.3) is 0 Å². The van der Waals surface area contributed by atoms with Gasteiger partial charge < -0.3 is 10.1 Å². The van der Waals surface area contributed by atoms with Gasteiger partial charge in [-0.1, -0.05) is 51.1 Å². The van der Waals surface area contributed by atoms with Crippen LogP contribution in [-0.4, -0.2) is 23.5 Å². The standard InChI is InChI=1S/C22H26N2O3/c1-5-27-19(25)14-12-17-11-13-18(15-16-9-7-6-8-10-16)23-20(17)24-21(26)22(2,3)4/h6-14H,5,15H2,1-4H3,(H,23,24,26). The maximum absolute atomic E-state index is 12.4. The van der Waals surface area contributed by atoms with Crippen LogP contribution in [0.2, 0.25) is 0 Å². The highest BCUT2D eigenvalue weighted by molar-refractivity contribution is 5.96. The fourth-order valence-electron chi connectivity index (χ4n) is 2.29. The number of esters is 1. The van der Waals surface area contributed by atoms with Crippen molar-refractivity contribution in [1.82, 2.24) is 4.98 Å². The number of carbonyl (C=O) groups is 2. The molecule has 1 aromatic heterocycles. The van der Waals surface area contributed by atoms with Gasteiger partial charge in [-0.2, -0.15) is 0 Å². The minimum atomic E-state index is -0.556. The molecule has 5 heteroatoms. The van der Waals surface area contributed by atoms with E-state index in [0.717, 1.165) is 11.3 Å². The van der Waals surface area contributed by atoms with Gasteiger partial charge in [-0.15, -0.1) is 0 Å². The quantitative estimate of drug-likeness (QED) is 0.613. The Morgan fingerprint density at radius 2 is 1.81 bits per heavy atom. The lowest BCUT2D eigenvalue weighted by molar-refractivity contribution is -0.137. The number of rotatable bonds is 6. The van der Waals surface area contributed by atoms with Crippen LogP contribution in [0.3, 0.4) is 0 Å². The van der Waals surface area contributed by atoms with Crippen molar-refractivity contribution in [3.05, 3.63) is 65.4 Å². The smallest absolute Gasteiger partial charge is 0.330 e. The fourth-order valence-corrected chi connectivity index (χ4v) is 2.29. The molecule has 1 N–H and O–H groups in total. The molecule has 1 amide bonds.